The molecule has 0 bridgehead atoms. The Kier molecular flexibility index (Phi) is 5.47. The number of esters is 1. The van der Waals surface area contributed by atoms with Gasteiger partial charge in [-0.15, -0.1) is 11.3 Å². The van der Waals surface area contributed by atoms with Gasteiger partial charge in [-0.2, -0.15) is 5.26 Å². The van der Waals surface area contributed by atoms with E-state index in [2.05, 4.69) is 16.0 Å². The Morgan fingerprint density at radius 1 is 1.45 bits per heavy atom. The van der Waals surface area contributed by atoms with E-state index < -0.39 is 17.4 Å². The molecule has 1 aliphatic heterocycles. The summed E-state index contributed by atoms with van der Waals surface area (Å²) >= 11 is 1.15. The maximum absolute atomic E-state index is 13.2. The van der Waals surface area contributed by atoms with E-state index in [1.54, 1.807) is 49.9 Å². The zero-order chi connectivity index (χ0) is 22.0. The summed E-state index contributed by atoms with van der Waals surface area (Å²) in [5, 5.41) is 10.0. The normalized spacial score (nSPS) is 16.1. The Morgan fingerprint density at radius 3 is 2.94 bits per heavy atom. The van der Waals surface area contributed by atoms with Gasteiger partial charge >= 0.3 is 5.97 Å². The molecule has 9 heteroatoms. The first-order valence-electron chi connectivity index (χ1n) is 9.47. The maximum Gasteiger partial charge on any atom is 0.338 e. The van der Waals surface area contributed by atoms with E-state index in [1.165, 1.54) is 4.57 Å². The van der Waals surface area contributed by atoms with Gasteiger partial charge < -0.3 is 10.5 Å². The molecular formula is C22H18N5O3S+. The van der Waals surface area contributed by atoms with Gasteiger partial charge in [0.2, 0.25) is 0 Å². The van der Waals surface area contributed by atoms with Crippen LogP contribution in [0.15, 0.2) is 59.4 Å². The highest BCUT2D eigenvalue weighted by atomic mass is 32.1. The van der Waals surface area contributed by atoms with Crippen molar-refractivity contribution in [3.05, 3.63) is 85.3 Å². The first-order chi connectivity index (χ1) is 15.1. The largest absolute Gasteiger partial charge is 0.463 e. The van der Waals surface area contributed by atoms with E-state index in [9.17, 15) is 14.9 Å². The Hall–Kier alpha value is -4.03. The zero-order valence-corrected chi connectivity index (χ0v) is 17.3. The molecule has 4 rings (SSSR count). The van der Waals surface area contributed by atoms with Gasteiger partial charge in [-0.1, -0.05) is 6.07 Å². The summed E-state index contributed by atoms with van der Waals surface area (Å²) in [4.78, 5) is 33.1. The van der Waals surface area contributed by atoms with Crippen LogP contribution in [0.2, 0.25) is 0 Å². The minimum absolute atomic E-state index is 0.0400. The summed E-state index contributed by atoms with van der Waals surface area (Å²) < 4.78 is 7.21. The third-order valence-corrected chi connectivity index (χ3v) is 5.92. The fourth-order valence-electron chi connectivity index (χ4n) is 3.49. The number of nitrogens with one attached hydrogen (secondary N) is 1. The lowest BCUT2D eigenvalue weighted by atomic mass is 9.84. The minimum Gasteiger partial charge on any atom is -0.463 e. The molecule has 31 heavy (non-hydrogen) atoms. The number of hydrogen-bond acceptors (Lipinski definition) is 7. The fourth-order valence-corrected chi connectivity index (χ4v) is 4.62. The second-order valence-corrected chi connectivity index (χ2v) is 7.69. The van der Waals surface area contributed by atoms with Crippen LogP contribution in [0.4, 0.5) is 0 Å². The molecule has 4 heterocycles. The van der Waals surface area contributed by atoms with Crippen molar-refractivity contribution in [3.63, 3.8) is 0 Å². The van der Waals surface area contributed by atoms with Crippen LogP contribution in [0.1, 0.15) is 24.0 Å². The van der Waals surface area contributed by atoms with E-state index in [1.807, 2.05) is 12.1 Å². The quantitative estimate of drug-likeness (QED) is 0.584. The lowest BCUT2D eigenvalue weighted by Crippen LogP contribution is -2.40. The van der Waals surface area contributed by atoms with E-state index in [4.69, 9.17) is 10.5 Å². The number of pyridine rings is 2. The monoisotopic (exact) mass is 432 g/mol. The molecule has 1 aliphatic rings. The van der Waals surface area contributed by atoms with E-state index >= 15 is 0 Å². The van der Waals surface area contributed by atoms with Crippen molar-refractivity contribution in [2.75, 3.05) is 6.61 Å². The molecule has 0 saturated carbocycles. The van der Waals surface area contributed by atoms with Crippen LogP contribution in [0, 0.1) is 11.3 Å². The van der Waals surface area contributed by atoms with Crippen molar-refractivity contribution >= 4 is 34.8 Å². The first kappa shape index (κ1) is 20.3. The molecule has 154 valence electrons. The summed E-state index contributed by atoms with van der Waals surface area (Å²) in [7, 11) is 0. The number of nitrogens with two attached hydrogens (primary N) is 1. The summed E-state index contributed by atoms with van der Waals surface area (Å²) in [6.07, 6.45) is 8.39. The summed E-state index contributed by atoms with van der Waals surface area (Å²) in [6.45, 7) is 1.81. The van der Waals surface area contributed by atoms with Crippen LogP contribution in [-0.2, 0) is 9.53 Å². The number of hydrogen-bond donors (Lipinski definition) is 1. The first-order valence-corrected chi connectivity index (χ1v) is 10.3. The molecular weight excluding hydrogens is 414 g/mol. The van der Waals surface area contributed by atoms with Crippen molar-refractivity contribution < 1.29 is 14.5 Å². The molecule has 3 aromatic rings. The topological polar surface area (TPSA) is 125 Å². The highest BCUT2D eigenvalue weighted by Gasteiger charge is 2.36. The van der Waals surface area contributed by atoms with Crippen LogP contribution < -0.4 is 25.5 Å². The number of nitriles is 1. The van der Waals surface area contributed by atoms with Crippen LogP contribution in [0.3, 0.4) is 0 Å². The molecule has 0 aromatic carbocycles. The number of carbonyl (C=O) groups excluding carboxylic acids is 1. The number of aromatic nitrogens is 3. The SMILES string of the molecule is CCOC(=O)C1=C(N)n2c(sc(=Cc3ccc[nH+]c3)c2=O)=C(C#N)C1c1cccnc1. The second-order valence-electron chi connectivity index (χ2n) is 6.66. The summed E-state index contributed by atoms with van der Waals surface area (Å²) in [6, 6.07) is 9.31. The Morgan fingerprint density at radius 2 is 2.29 bits per heavy atom. The Bertz CT molecular complexity index is 1400. The van der Waals surface area contributed by atoms with Gasteiger partial charge in [-0.3, -0.25) is 14.3 Å². The molecule has 0 amide bonds. The van der Waals surface area contributed by atoms with E-state index in [0.717, 1.165) is 16.9 Å². The second kappa shape index (κ2) is 8.38. The Labute approximate surface area is 180 Å². The highest BCUT2D eigenvalue weighted by molar-refractivity contribution is 7.07. The minimum atomic E-state index is -0.784. The average Bonchev–Trinajstić information content (AvgIpc) is 3.11. The molecule has 8 nitrogen and oxygen atoms in total. The van der Waals surface area contributed by atoms with Crippen molar-refractivity contribution in [2.45, 2.75) is 12.8 Å². The van der Waals surface area contributed by atoms with Gasteiger partial charge in [0.05, 0.1) is 34.3 Å². The number of thiazole rings is 1. The molecule has 3 N–H and O–H groups in total. The maximum atomic E-state index is 13.2. The molecule has 0 radical (unpaired) electrons. The lowest BCUT2D eigenvalue weighted by Gasteiger charge is -2.24. The van der Waals surface area contributed by atoms with E-state index in [0.29, 0.717) is 14.8 Å². The highest BCUT2D eigenvalue weighted by Crippen LogP contribution is 2.36. The number of H-pyrrole nitrogens is 1. The van der Waals surface area contributed by atoms with Gasteiger partial charge in [-0.05, 0) is 30.7 Å². The third-order valence-electron chi connectivity index (χ3n) is 4.81. The molecule has 1 unspecified atom stereocenters. The molecule has 0 saturated heterocycles. The summed E-state index contributed by atoms with van der Waals surface area (Å²) in [5.41, 5.74) is 7.65. The lowest BCUT2D eigenvalue weighted by molar-refractivity contribution is -0.378. The smallest absolute Gasteiger partial charge is 0.338 e. The van der Waals surface area contributed by atoms with Crippen molar-refractivity contribution in [1.82, 2.24) is 9.55 Å². The van der Waals surface area contributed by atoms with Gasteiger partial charge in [0.15, 0.2) is 12.4 Å². The summed E-state index contributed by atoms with van der Waals surface area (Å²) in [5.74, 6) is -1.50. The van der Waals surface area contributed by atoms with Crippen molar-refractivity contribution in [1.29, 1.82) is 5.26 Å². The number of aromatic amines is 1. The standard InChI is InChI=1S/C22H17N5O3S/c1-2-30-22(29)18-17(14-6-4-8-26-12-14)15(10-23)21-27(19(18)24)20(28)16(31-21)9-13-5-3-7-25-11-13/h3-9,11-12,17H,2,24H2,1H3/p+1. The van der Waals surface area contributed by atoms with E-state index in [-0.39, 0.29) is 23.6 Å². The van der Waals surface area contributed by atoms with Gasteiger partial charge in [0.25, 0.3) is 5.56 Å². The zero-order valence-electron chi connectivity index (χ0n) is 16.5. The molecule has 0 fully saturated rings. The molecule has 0 spiro atoms. The van der Waals surface area contributed by atoms with Gasteiger partial charge in [0, 0.05) is 24.0 Å². The van der Waals surface area contributed by atoms with Crippen molar-refractivity contribution in [3.8, 4) is 6.07 Å². The molecule has 3 aromatic heterocycles. The average molecular weight is 432 g/mol. The molecule has 0 aliphatic carbocycles. The van der Waals surface area contributed by atoms with Gasteiger partial charge in [0.1, 0.15) is 10.5 Å². The third kappa shape index (κ3) is 3.53. The number of rotatable bonds is 4. The van der Waals surface area contributed by atoms with Gasteiger partial charge in [-0.25, -0.2) is 9.78 Å². The predicted molar refractivity (Wildman–Crippen MR) is 114 cm³/mol. The van der Waals surface area contributed by atoms with Crippen LogP contribution in [0.25, 0.3) is 17.5 Å². The fraction of sp³-hybridized carbons (Fsp3) is 0.136. The number of ether oxygens (including phenoxy) is 1. The molecule has 1 atom stereocenters. The predicted octanol–water partition coefficient (Wildman–Crippen LogP) is 0.110. The van der Waals surface area contributed by atoms with Crippen LogP contribution in [-0.4, -0.2) is 22.1 Å². The van der Waals surface area contributed by atoms with Crippen LogP contribution >= 0.6 is 11.3 Å². The van der Waals surface area contributed by atoms with Crippen LogP contribution in [0.5, 0.6) is 0 Å². The number of fused-ring (bicyclic) bond motifs is 1. The number of carbonyl (C=O) groups is 1. The van der Waals surface area contributed by atoms with Crippen molar-refractivity contribution in [2.24, 2.45) is 5.73 Å². The number of nitrogens with zero attached hydrogens (tertiary/aromatic N) is 3. The Balaban J connectivity index is 2.07.